The third-order valence-electron chi connectivity index (χ3n) is 1.97. The minimum atomic E-state index is 0.490. The monoisotopic (exact) mass is 151 g/mol. The minimum Gasteiger partial charge on any atom is -0.351 e. The van der Waals surface area contributed by atoms with E-state index in [1.54, 1.807) is 0 Å². The maximum absolute atomic E-state index is 10.3. The maximum atomic E-state index is 10.3. The minimum absolute atomic E-state index is 0.490. The lowest BCUT2D eigenvalue weighted by molar-refractivity contribution is 0.112. The highest BCUT2D eigenvalue weighted by Crippen LogP contribution is 2.10. The van der Waals surface area contributed by atoms with Gasteiger partial charge in [0.2, 0.25) is 0 Å². The van der Waals surface area contributed by atoms with Gasteiger partial charge in [-0.15, -0.1) is 0 Å². The van der Waals surface area contributed by atoms with Crippen LogP contribution in [-0.4, -0.2) is 10.9 Å². The molecule has 0 aliphatic rings. The summed E-state index contributed by atoms with van der Waals surface area (Å²) >= 11 is 0. The van der Waals surface area contributed by atoms with Crippen LogP contribution < -0.4 is 0 Å². The molecule has 0 spiro atoms. The second-order valence-corrected chi connectivity index (χ2v) is 2.77. The summed E-state index contributed by atoms with van der Waals surface area (Å²) in [5.41, 5.74) is 0.755. The quantitative estimate of drug-likeness (QED) is 0.607. The molecule has 2 heteroatoms. The van der Waals surface area contributed by atoms with E-state index in [-0.39, 0.29) is 0 Å². The second-order valence-electron chi connectivity index (χ2n) is 2.77. The first-order valence-corrected chi connectivity index (χ1v) is 3.90. The normalized spacial score (nSPS) is 12.9. The van der Waals surface area contributed by atoms with E-state index >= 15 is 0 Å². The van der Waals surface area contributed by atoms with Crippen LogP contribution in [0.15, 0.2) is 18.5 Å². The third-order valence-corrected chi connectivity index (χ3v) is 1.97. The Morgan fingerprint density at radius 3 is 2.91 bits per heavy atom. The summed E-state index contributed by atoms with van der Waals surface area (Å²) in [4.78, 5) is 10.3. The number of nitrogens with zero attached hydrogens (tertiary/aromatic N) is 1. The molecule has 0 saturated carbocycles. The Labute approximate surface area is 66.8 Å². The van der Waals surface area contributed by atoms with E-state index in [4.69, 9.17) is 0 Å². The number of rotatable bonds is 3. The van der Waals surface area contributed by atoms with Crippen molar-refractivity contribution in [3.8, 4) is 0 Å². The molecule has 0 bridgehead atoms. The Morgan fingerprint density at radius 1 is 1.73 bits per heavy atom. The molecule has 2 nitrogen and oxygen atoms in total. The molecule has 0 aliphatic carbocycles. The van der Waals surface area contributed by atoms with Crippen LogP contribution in [0.3, 0.4) is 0 Å². The molecule has 1 rings (SSSR count). The van der Waals surface area contributed by atoms with Crippen LogP contribution in [0, 0.1) is 0 Å². The Hall–Kier alpha value is -1.05. The maximum Gasteiger partial charge on any atom is 0.151 e. The van der Waals surface area contributed by atoms with Crippen molar-refractivity contribution in [2.24, 2.45) is 0 Å². The first kappa shape index (κ1) is 8.05. The van der Waals surface area contributed by atoms with Crippen LogP contribution in [0.2, 0.25) is 0 Å². The number of aldehydes is 1. The fraction of sp³-hybridized carbons (Fsp3) is 0.444. The summed E-state index contributed by atoms with van der Waals surface area (Å²) < 4.78 is 2.06. The number of hydrogen-bond donors (Lipinski definition) is 0. The van der Waals surface area contributed by atoms with Crippen molar-refractivity contribution in [1.29, 1.82) is 0 Å². The van der Waals surface area contributed by atoms with E-state index in [0.29, 0.717) is 6.04 Å². The van der Waals surface area contributed by atoms with Crippen LogP contribution in [0.25, 0.3) is 0 Å². The molecule has 0 N–H and O–H groups in total. The highest BCUT2D eigenvalue weighted by atomic mass is 16.1. The van der Waals surface area contributed by atoms with E-state index in [1.165, 1.54) is 0 Å². The summed E-state index contributed by atoms with van der Waals surface area (Å²) in [6, 6.07) is 2.32. The predicted molar refractivity (Wildman–Crippen MR) is 44.8 cm³/mol. The molecule has 0 radical (unpaired) electrons. The van der Waals surface area contributed by atoms with Crippen molar-refractivity contribution in [1.82, 2.24) is 4.57 Å². The zero-order chi connectivity index (χ0) is 8.27. The highest BCUT2D eigenvalue weighted by Gasteiger charge is 2.00. The number of hydrogen-bond acceptors (Lipinski definition) is 1. The second kappa shape index (κ2) is 3.37. The molecular formula is C9H13NO. The fourth-order valence-corrected chi connectivity index (χ4v) is 0.985. The fourth-order valence-electron chi connectivity index (χ4n) is 0.985. The lowest BCUT2D eigenvalue weighted by Gasteiger charge is -2.09. The molecule has 11 heavy (non-hydrogen) atoms. The molecule has 1 atom stereocenters. The van der Waals surface area contributed by atoms with Crippen LogP contribution >= 0.6 is 0 Å². The van der Waals surface area contributed by atoms with Gasteiger partial charge in [-0.1, -0.05) is 6.92 Å². The van der Waals surface area contributed by atoms with Gasteiger partial charge in [0.25, 0.3) is 0 Å². The summed E-state index contributed by atoms with van der Waals surface area (Å²) in [5.74, 6) is 0. The third kappa shape index (κ3) is 1.70. The molecular weight excluding hydrogens is 138 g/mol. The van der Waals surface area contributed by atoms with Crippen LogP contribution in [-0.2, 0) is 0 Å². The van der Waals surface area contributed by atoms with E-state index < -0.39 is 0 Å². The van der Waals surface area contributed by atoms with Crippen molar-refractivity contribution in [2.75, 3.05) is 0 Å². The molecule has 1 aromatic heterocycles. The lowest BCUT2D eigenvalue weighted by atomic mass is 10.3. The van der Waals surface area contributed by atoms with Crippen molar-refractivity contribution in [2.45, 2.75) is 26.3 Å². The number of carbonyl (C=O) groups excluding carboxylic acids is 1. The average molecular weight is 151 g/mol. The summed E-state index contributed by atoms with van der Waals surface area (Å²) in [6.07, 6.45) is 5.78. The van der Waals surface area contributed by atoms with Gasteiger partial charge < -0.3 is 4.57 Å². The molecule has 0 aliphatic heterocycles. The molecule has 1 aromatic rings. The van der Waals surface area contributed by atoms with E-state index in [2.05, 4.69) is 18.4 Å². The molecule has 1 unspecified atom stereocenters. The van der Waals surface area contributed by atoms with Crippen molar-refractivity contribution in [3.63, 3.8) is 0 Å². The Morgan fingerprint density at radius 2 is 2.45 bits per heavy atom. The Kier molecular flexibility index (Phi) is 2.47. The summed E-state index contributed by atoms with van der Waals surface area (Å²) in [7, 11) is 0. The van der Waals surface area contributed by atoms with Gasteiger partial charge in [-0.25, -0.2) is 0 Å². The van der Waals surface area contributed by atoms with Crippen molar-refractivity contribution in [3.05, 3.63) is 24.0 Å². The SMILES string of the molecule is CCC(C)n1ccc(C=O)c1. The van der Waals surface area contributed by atoms with Crippen molar-refractivity contribution < 1.29 is 4.79 Å². The molecule has 0 amide bonds. The number of aromatic nitrogens is 1. The van der Waals surface area contributed by atoms with Crippen LogP contribution in [0.4, 0.5) is 0 Å². The topological polar surface area (TPSA) is 22.0 Å². The van der Waals surface area contributed by atoms with E-state index in [1.807, 2.05) is 18.5 Å². The molecule has 1 heterocycles. The zero-order valence-electron chi connectivity index (χ0n) is 6.95. The van der Waals surface area contributed by atoms with Gasteiger partial charge in [0.15, 0.2) is 6.29 Å². The standard InChI is InChI=1S/C9H13NO/c1-3-8(2)10-5-4-9(6-10)7-11/h4-8H,3H2,1-2H3. The van der Waals surface area contributed by atoms with E-state index in [0.717, 1.165) is 18.3 Å². The van der Waals surface area contributed by atoms with Crippen molar-refractivity contribution >= 4 is 6.29 Å². The molecule has 0 saturated heterocycles. The van der Waals surface area contributed by atoms with Gasteiger partial charge in [0.1, 0.15) is 0 Å². The van der Waals surface area contributed by atoms with Gasteiger partial charge in [-0.2, -0.15) is 0 Å². The number of carbonyl (C=O) groups is 1. The predicted octanol–water partition coefficient (Wildman–Crippen LogP) is 2.27. The zero-order valence-corrected chi connectivity index (χ0v) is 6.95. The molecule has 60 valence electrons. The molecule has 0 aromatic carbocycles. The van der Waals surface area contributed by atoms with Crippen LogP contribution in [0.5, 0.6) is 0 Å². The van der Waals surface area contributed by atoms with Crippen LogP contribution in [0.1, 0.15) is 36.7 Å². The highest BCUT2D eigenvalue weighted by molar-refractivity contribution is 5.74. The summed E-state index contributed by atoms with van der Waals surface area (Å²) in [5, 5.41) is 0. The van der Waals surface area contributed by atoms with Gasteiger partial charge >= 0.3 is 0 Å². The summed E-state index contributed by atoms with van der Waals surface area (Å²) in [6.45, 7) is 4.26. The van der Waals surface area contributed by atoms with Gasteiger partial charge in [0.05, 0.1) is 0 Å². The Balaban J connectivity index is 2.79. The van der Waals surface area contributed by atoms with Gasteiger partial charge in [0, 0.05) is 24.0 Å². The Bertz CT molecular complexity index is 239. The largest absolute Gasteiger partial charge is 0.351 e. The first-order chi connectivity index (χ1) is 5.27. The lowest BCUT2D eigenvalue weighted by Crippen LogP contribution is -1.99. The van der Waals surface area contributed by atoms with Gasteiger partial charge in [-0.3, -0.25) is 4.79 Å². The molecule has 0 fully saturated rings. The average Bonchev–Trinajstić information content (AvgIpc) is 2.50. The first-order valence-electron chi connectivity index (χ1n) is 3.90. The van der Waals surface area contributed by atoms with Gasteiger partial charge in [-0.05, 0) is 19.4 Å². The smallest absolute Gasteiger partial charge is 0.151 e. The van der Waals surface area contributed by atoms with E-state index in [9.17, 15) is 4.79 Å².